The Bertz CT molecular complexity index is 882. The van der Waals surface area contributed by atoms with Crippen molar-refractivity contribution in [2.45, 2.75) is 18.2 Å². The highest BCUT2D eigenvalue weighted by Gasteiger charge is 2.18. The van der Waals surface area contributed by atoms with Gasteiger partial charge in [-0.05, 0) is 31.2 Å². The van der Waals surface area contributed by atoms with E-state index in [-0.39, 0.29) is 17.8 Å². The quantitative estimate of drug-likeness (QED) is 0.569. The minimum Gasteiger partial charge on any atom is -0.497 e. The number of hydrogen-bond acceptors (Lipinski definition) is 9. The van der Waals surface area contributed by atoms with E-state index in [9.17, 15) is 4.79 Å². The maximum absolute atomic E-state index is 11.9. The summed E-state index contributed by atoms with van der Waals surface area (Å²) in [6, 6.07) is 7.32. The van der Waals surface area contributed by atoms with Crippen molar-refractivity contribution in [2.75, 3.05) is 18.2 Å². The van der Waals surface area contributed by atoms with Gasteiger partial charge in [0.2, 0.25) is 11.0 Å². The van der Waals surface area contributed by atoms with Gasteiger partial charge in [0.15, 0.2) is 17.1 Å². The molecule has 1 unspecified atom stereocenters. The summed E-state index contributed by atoms with van der Waals surface area (Å²) in [5.41, 5.74) is 1.56. The first-order chi connectivity index (χ1) is 13.1. The predicted molar refractivity (Wildman–Crippen MR) is 102 cm³/mol. The molecule has 27 heavy (non-hydrogen) atoms. The monoisotopic (exact) mass is 406 g/mol. The number of thioether (sulfide) groups is 1. The number of aromatic nitrogens is 5. The molecule has 1 amide bonds. The van der Waals surface area contributed by atoms with E-state index in [0.29, 0.717) is 21.9 Å². The zero-order chi connectivity index (χ0) is 19.2. The Kier molecular flexibility index (Phi) is 6.24. The van der Waals surface area contributed by atoms with E-state index in [0.717, 1.165) is 5.75 Å². The molecule has 0 bridgehead atoms. The number of methoxy groups -OCH3 is 1. The second kappa shape index (κ2) is 8.82. The van der Waals surface area contributed by atoms with Gasteiger partial charge in [-0.3, -0.25) is 10.1 Å². The minimum atomic E-state index is -0.305. The number of rotatable bonds is 8. The fourth-order valence-electron chi connectivity index (χ4n) is 2.23. The lowest BCUT2D eigenvalue weighted by Gasteiger charge is -2.14. The van der Waals surface area contributed by atoms with E-state index < -0.39 is 0 Å². The summed E-state index contributed by atoms with van der Waals surface area (Å²) >= 11 is 2.55. The highest BCUT2D eigenvalue weighted by atomic mass is 32.2. The molecule has 0 saturated carbocycles. The second-order valence-corrected chi connectivity index (χ2v) is 7.19. The number of amides is 1. The van der Waals surface area contributed by atoms with Gasteiger partial charge in [-0.1, -0.05) is 23.1 Å². The zero-order valence-corrected chi connectivity index (χ0v) is 16.6. The molecule has 3 aromatic rings. The number of hydrogen-bond donors (Lipinski definition) is 1. The van der Waals surface area contributed by atoms with E-state index in [1.165, 1.54) is 23.1 Å². The molecule has 0 spiro atoms. The van der Waals surface area contributed by atoms with Crippen LogP contribution in [0.25, 0.3) is 0 Å². The molecule has 1 aromatic carbocycles. The molecule has 2 aromatic heterocycles. The van der Waals surface area contributed by atoms with Gasteiger partial charge in [-0.25, -0.2) is 0 Å². The molecule has 0 fully saturated rings. The number of carbonyl (C=O) groups excluding carboxylic acids is 1. The standard InChI is InChI=1S/C16H18N6O3S2/c1-10(25-12-6-4-11(24-3)5-7-12)14-19-21-16(22(14)2)26-8-13(23)18-15-20-17-9-27-15/h4-7,9-10H,8H2,1-3H3,(H,18,20,23). The molecule has 3 rings (SSSR count). The maximum Gasteiger partial charge on any atom is 0.236 e. The van der Waals surface area contributed by atoms with Crippen LogP contribution in [0.3, 0.4) is 0 Å². The molecule has 1 atom stereocenters. The normalized spacial score (nSPS) is 11.8. The summed E-state index contributed by atoms with van der Waals surface area (Å²) < 4.78 is 12.9. The third-order valence-corrected chi connectivity index (χ3v) is 5.17. The topological polar surface area (TPSA) is 104 Å². The van der Waals surface area contributed by atoms with Crippen molar-refractivity contribution in [3.63, 3.8) is 0 Å². The third-order valence-electron chi connectivity index (χ3n) is 3.54. The van der Waals surface area contributed by atoms with Crippen molar-refractivity contribution >= 4 is 34.1 Å². The Morgan fingerprint density at radius 3 is 2.67 bits per heavy atom. The molecule has 0 aliphatic rings. The summed E-state index contributed by atoms with van der Waals surface area (Å²) in [6.07, 6.45) is -0.305. The number of carbonyl (C=O) groups is 1. The zero-order valence-electron chi connectivity index (χ0n) is 14.9. The minimum absolute atomic E-state index is 0.177. The van der Waals surface area contributed by atoms with Crippen LogP contribution < -0.4 is 14.8 Å². The molecular weight excluding hydrogens is 388 g/mol. The van der Waals surface area contributed by atoms with E-state index in [4.69, 9.17) is 9.47 Å². The van der Waals surface area contributed by atoms with Gasteiger partial charge in [0.1, 0.15) is 17.0 Å². The van der Waals surface area contributed by atoms with E-state index in [2.05, 4.69) is 25.7 Å². The first-order valence-electron chi connectivity index (χ1n) is 7.95. The molecule has 0 radical (unpaired) electrons. The summed E-state index contributed by atoms with van der Waals surface area (Å²) in [6.45, 7) is 1.89. The lowest BCUT2D eigenvalue weighted by atomic mass is 10.3. The van der Waals surface area contributed by atoms with Gasteiger partial charge in [-0.15, -0.1) is 20.4 Å². The first-order valence-corrected chi connectivity index (χ1v) is 9.82. The van der Waals surface area contributed by atoms with Crippen LogP contribution in [0.4, 0.5) is 5.13 Å². The Morgan fingerprint density at radius 1 is 1.26 bits per heavy atom. The molecular formula is C16H18N6O3S2. The molecule has 142 valence electrons. The SMILES string of the molecule is COc1ccc(OC(C)c2nnc(SCC(=O)Nc3nncs3)n2C)cc1. The average Bonchev–Trinajstić information content (AvgIpc) is 3.30. The summed E-state index contributed by atoms with van der Waals surface area (Å²) in [5.74, 6) is 2.15. The van der Waals surface area contributed by atoms with Crippen LogP contribution in [0, 0.1) is 0 Å². The van der Waals surface area contributed by atoms with Crippen molar-refractivity contribution in [1.29, 1.82) is 0 Å². The Balaban J connectivity index is 1.57. The first kappa shape index (κ1) is 19.1. The van der Waals surface area contributed by atoms with Crippen molar-refractivity contribution in [3.8, 4) is 11.5 Å². The van der Waals surface area contributed by atoms with Crippen molar-refractivity contribution in [1.82, 2.24) is 25.0 Å². The molecule has 0 saturated heterocycles. The number of anilines is 1. The van der Waals surface area contributed by atoms with Crippen LogP contribution in [-0.4, -0.2) is 43.7 Å². The lowest BCUT2D eigenvalue weighted by molar-refractivity contribution is -0.113. The highest BCUT2D eigenvalue weighted by molar-refractivity contribution is 7.99. The van der Waals surface area contributed by atoms with E-state index in [1.807, 2.05) is 42.8 Å². The Hall–Kier alpha value is -2.66. The summed E-state index contributed by atoms with van der Waals surface area (Å²) in [4.78, 5) is 11.9. The van der Waals surface area contributed by atoms with Gasteiger partial charge < -0.3 is 14.0 Å². The third kappa shape index (κ3) is 4.95. The number of benzene rings is 1. The van der Waals surface area contributed by atoms with Gasteiger partial charge >= 0.3 is 0 Å². The fraction of sp³-hybridized carbons (Fsp3) is 0.312. The highest BCUT2D eigenvalue weighted by Crippen LogP contribution is 2.25. The molecule has 0 aliphatic heterocycles. The van der Waals surface area contributed by atoms with Crippen molar-refractivity contribution in [3.05, 3.63) is 35.6 Å². The van der Waals surface area contributed by atoms with Gasteiger partial charge in [0, 0.05) is 7.05 Å². The lowest BCUT2D eigenvalue weighted by Crippen LogP contribution is -2.14. The van der Waals surface area contributed by atoms with Gasteiger partial charge in [0.05, 0.1) is 12.9 Å². The van der Waals surface area contributed by atoms with Gasteiger partial charge in [0.25, 0.3) is 0 Å². The number of nitrogens with one attached hydrogen (secondary N) is 1. The van der Waals surface area contributed by atoms with Crippen LogP contribution >= 0.6 is 23.1 Å². The molecule has 2 heterocycles. The molecule has 1 N–H and O–H groups in total. The van der Waals surface area contributed by atoms with Crippen molar-refractivity contribution < 1.29 is 14.3 Å². The Morgan fingerprint density at radius 2 is 2.00 bits per heavy atom. The number of nitrogens with zero attached hydrogens (tertiary/aromatic N) is 5. The van der Waals surface area contributed by atoms with E-state index >= 15 is 0 Å². The summed E-state index contributed by atoms with van der Waals surface area (Å²) in [7, 11) is 3.46. The maximum atomic E-state index is 11.9. The van der Waals surface area contributed by atoms with Crippen LogP contribution in [0.1, 0.15) is 18.9 Å². The Labute approximate surface area is 164 Å². The van der Waals surface area contributed by atoms with Gasteiger partial charge in [-0.2, -0.15) is 0 Å². The van der Waals surface area contributed by atoms with Crippen molar-refractivity contribution in [2.24, 2.45) is 7.05 Å². The largest absolute Gasteiger partial charge is 0.497 e. The van der Waals surface area contributed by atoms with Crippen LogP contribution in [-0.2, 0) is 11.8 Å². The second-order valence-electron chi connectivity index (χ2n) is 5.42. The van der Waals surface area contributed by atoms with Crippen LogP contribution in [0.5, 0.6) is 11.5 Å². The molecule has 0 aliphatic carbocycles. The molecule has 9 nitrogen and oxygen atoms in total. The van der Waals surface area contributed by atoms with Crippen LogP contribution in [0.15, 0.2) is 34.9 Å². The predicted octanol–water partition coefficient (Wildman–Crippen LogP) is 2.55. The van der Waals surface area contributed by atoms with Crippen LogP contribution in [0.2, 0.25) is 0 Å². The summed E-state index contributed by atoms with van der Waals surface area (Å²) in [5, 5.41) is 19.6. The van der Waals surface area contributed by atoms with E-state index in [1.54, 1.807) is 12.6 Å². The average molecular weight is 406 g/mol. The number of ether oxygens (including phenoxy) is 2. The smallest absolute Gasteiger partial charge is 0.236 e. The fourth-order valence-corrected chi connectivity index (χ4v) is 3.41. The molecule has 11 heteroatoms.